The normalized spacial score (nSPS) is 15.0. The number of ether oxygens (including phenoxy) is 2. The van der Waals surface area contributed by atoms with E-state index in [4.69, 9.17) is 9.47 Å². The third-order valence-electron chi connectivity index (χ3n) is 5.81. The third-order valence-corrected chi connectivity index (χ3v) is 6.89. The molecule has 1 aliphatic heterocycles. The lowest BCUT2D eigenvalue weighted by molar-refractivity contribution is -0.116. The smallest absolute Gasteiger partial charge is 0.279 e. The van der Waals surface area contributed by atoms with Gasteiger partial charge in [0.25, 0.3) is 5.56 Å². The number of aryl methyl sites for hydroxylation is 1. The number of rotatable bonds is 7. The zero-order valence-electron chi connectivity index (χ0n) is 19.2. The van der Waals surface area contributed by atoms with Gasteiger partial charge in [-0.3, -0.25) is 9.59 Å². The summed E-state index contributed by atoms with van der Waals surface area (Å²) in [6.45, 7) is 4.47. The van der Waals surface area contributed by atoms with Crippen LogP contribution in [0.4, 0.5) is 5.82 Å². The molecule has 0 radical (unpaired) electrons. The lowest BCUT2D eigenvalue weighted by atomic mass is 9.86. The van der Waals surface area contributed by atoms with Crippen molar-refractivity contribution in [1.29, 1.82) is 0 Å². The van der Waals surface area contributed by atoms with Gasteiger partial charge in [-0.05, 0) is 42.7 Å². The van der Waals surface area contributed by atoms with E-state index in [0.717, 1.165) is 5.56 Å². The molecule has 172 valence electrons. The molecule has 0 fully saturated rings. The maximum absolute atomic E-state index is 13.2. The SMILES string of the molecule is CCOc1ccc([C@@H]2CC(=O)Nc3c2c(=O)nc(SCc2ccccc2C)n3C)cc1OC. The van der Waals surface area contributed by atoms with Crippen LogP contribution < -0.4 is 20.3 Å². The second kappa shape index (κ2) is 9.70. The fraction of sp³-hybridized carbons (Fsp3) is 0.320. The standard InChI is InChI=1S/C25H27N3O4S/c1-5-32-19-11-10-16(12-20(19)31-4)18-13-21(29)26-23-22(18)24(30)27-25(28(23)3)33-14-17-9-7-6-8-15(17)2/h6-12,18H,5,13-14H2,1-4H3,(H,26,29)/t18-/m0/s1. The molecule has 1 aliphatic rings. The van der Waals surface area contributed by atoms with Crippen LogP contribution in [0.25, 0.3) is 0 Å². The van der Waals surface area contributed by atoms with Gasteiger partial charge in [-0.15, -0.1) is 0 Å². The summed E-state index contributed by atoms with van der Waals surface area (Å²) in [7, 11) is 3.40. The average Bonchev–Trinajstić information content (AvgIpc) is 2.81. The first-order chi connectivity index (χ1) is 15.9. The van der Waals surface area contributed by atoms with Gasteiger partial charge < -0.3 is 19.4 Å². The molecule has 0 spiro atoms. The Morgan fingerprint density at radius 3 is 2.70 bits per heavy atom. The zero-order valence-corrected chi connectivity index (χ0v) is 20.0. The molecule has 2 heterocycles. The Hall–Kier alpha value is -3.26. The van der Waals surface area contributed by atoms with Crippen molar-refractivity contribution in [3.63, 3.8) is 0 Å². The van der Waals surface area contributed by atoms with Crippen molar-refractivity contribution in [2.24, 2.45) is 7.05 Å². The minimum atomic E-state index is -0.417. The molecule has 0 saturated carbocycles. The van der Waals surface area contributed by atoms with Crippen LogP contribution in [0.2, 0.25) is 0 Å². The number of anilines is 1. The molecule has 0 saturated heterocycles. The van der Waals surface area contributed by atoms with Crippen LogP contribution in [-0.4, -0.2) is 29.2 Å². The summed E-state index contributed by atoms with van der Waals surface area (Å²) in [5.74, 6) is 1.81. The Morgan fingerprint density at radius 1 is 1.18 bits per heavy atom. The summed E-state index contributed by atoms with van der Waals surface area (Å²) in [4.78, 5) is 30.2. The number of hydrogen-bond acceptors (Lipinski definition) is 6. The molecule has 2 aromatic carbocycles. The van der Waals surface area contributed by atoms with Crippen molar-refractivity contribution in [3.8, 4) is 11.5 Å². The van der Waals surface area contributed by atoms with Gasteiger partial charge in [0.05, 0.1) is 19.3 Å². The van der Waals surface area contributed by atoms with Crippen LogP contribution in [0.15, 0.2) is 52.4 Å². The molecule has 33 heavy (non-hydrogen) atoms. The zero-order chi connectivity index (χ0) is 23.5. The van der Waals surface area contributed by atoms with Gasteiger partial charge in [0, 0.05) is 25.1 Å². The van der Waals surface area contributed by atoms with Crippen LogP contribution in [0.3, 0.4) is 0 Å². The van der Waals surface area contributed by atoms with E-state index >= 15 is 0 Å². The van der Waals surface area contributed by atoms with Crippen LogP contribution in [0.1, 0.15) is 41.5 Å². The highest BCUT2D eigenvalue weighted by Crippen LogP contribution is 2.39. The number of hydrogen-bond donors (Lipinski definition) is 1. The molecule has 4 rings (SSSR count). The summed E-state index contributed by atoms with van der Waals surface area (Å²) in [5, 5.41) is 3.46. The first-order valence-electron chi connectivity index (χ1n) is 10.8. The molecule has 1 atom stereocenters. The monoisotopic (exact) mass is 465 g/mol. The minimum absolute atomic E-state index is 0.142. The molecule has 0 unspecified atom stereocenters. The van der Waals surface area contributed by atoms with Crippen LogP contribution >= 0.6 is 11.8 Å². The highest BCUT2D eigenvalue weighted by atomic mass is 32.2. The highest BCUT2D eigenvalue weighted by molar-refractivity contribution is 7.98. The number of nitrogens with one attached hydrogen (secondary N) is 1. The van der Waals surface area contributed by atoms with E-state index in [-0.39, 0.29) is 17.9 Å². The lowest BCUT2D eigenvalue weighted by Crippen LogP contribution is -2.33. The molecule has 1 N–H and O–H groups in total. The van der Waals surface area contributed by atoms with E-state index in [1.807, 2.05) is 44.3 Å². The maximum atomic E-state index is 13.2. The lowest BCUT2D eigenvalue weighted by Gasteiger charge is -2.28. The predicted octanol–water partition coefficient (Wildman–Crippen LogP) is 4.26. The van der Waals surface area contributed by atoms with E-state index in [1.54, 1.807) is 11.7 Å². The highest BCUT2D eigenvalue weighted by Gasteiger charge is 2.32. The molecule has 1 aromatic heterocycles. The fourth-order valence-electron chi connectivity index (χ4n) is 4.04. The second-order valence-electron chi connectivity index (χ2n) is 7.88. The molecule has 0 aliphatic carbocycles. The topological polar surface area (TPSA) is 82.5 Å². The van der Waals surface area contributed by atoms with Crippen molar-refractivity contribution < 1.29 is 14.3 Å². The van der Waals surface area contributed by atoms with Crippen molar-refractivity contribution in [3.05, 3.63) is 75.1 Å². The Bertz CT molecular complexity index is 1250. The van der Waals surface area contributed by atoms with Gasteiger partial charge in [-0.2, -0.15) is 4.98 Å². The summed E-state index contributed by atoms with van der Waals surface area (Å²) >= 11 is 1.48. The largest absolute Gasteiger partial charge is 0.493 e. The van der Waals surface area contributed by atoms with Crippen molar-refractivity contribution in [2.75, 3.05) is 19.0 Å². The van der Waals surface area contributed by atoms with E-state index in [0.29, 0.717) is 40.4 Å². The molecule has 3 aromatic rings. The minimum Gasteiger partial charge on any atom is -0.493 e. The van der Waals surface area contributed by atoms with Gasteiger partial charge in [-0.1, -0.05) is 42.1 Å². The van der Waals surface area contributed by atoms with Gasteiger partial charge in [0.1, 0.15) is 5.82 Å². The summed E-state index contributed by atoms with van der Waals surface area (Å²) in [6.07, 6.45) is 0.163. The van der Waals surface area contributed by atoms with Crippen LogP contribution in [0, 0.1) is 6.92 Å². The molecular weight excluding hydrogens is 438 g/mol. The van der Waals surface area contributed by atoms with Crippen LogP contribution in [0.5, 0.6) is 11.5 Å². The number of carbonyl (C=O) groups excluding carboxylic acids is 1. The predicted molar refractivity (Wildman–Crippen MR) is 129 cm³/mol. The molecule has 8 heteroatoms. The number of fused-ring (bicyclic) bond motifs is 1. The Kier molecular flexibility index (Phi) is 6.74. The number of aromatic nitrogens is 2. The Balaban J connectivity index is 1.72. The van der Waals surface area contributed by atoms with Gasteiger partial charge in [-0.25, -0.2) is 0 Å². The molecule has 0 bridgehead atoms. The molecular formula is C25H27N3O4S. The first kappa shape index (κ1) is 22.9. The quantitative estimate of drug-likeness (QED) is 0.415. The first-order valence-corrected chi connectivity index (χ1v) is 11.8. The average molecular weight is 466 g/mol. The number of amides is 1. The number of benzene rings is 2. The number of thioether (sulfide) groups is 1. The van der Waals surface area contributed by atoms with Crippen molar-refractivity contribution in [1.82, 2.24) is 9.55 Å². The van der Waals surface area contributed by atoms with Gasteiger partial charge in [0.15, 0.2) is 16.7 Å². The fourth-order valence-corrected chi connectivity index (χ4v) is 5.08. The van der Waals surface area contributed by atoms with E-state index < -0.39 is 5.92 Å². The number of carbonyl (C=O) groups is 1. The van der Waals surface area contributed by atoms with Crippen LogP contribution in [-0.2, 0) is 17.6 Å². The van der Waals surface area contributed by atoms with E-state index in [2.05, 4.69) is 29.4 Å². The van der Waals surface area contributed by atoms with Crippen molar-refractivity contribution >= 4 is 23.5 Å². The summed E-state index contributed by atoms with van der Waals surface area (Å²) < 4.78 is 12.9. The third kappa shape index (κ3) is 4.61. The number of nitrogens with zero attached hydrogens (tertiary/aromatic N) is 2. The molecule has 7 nitrogen and oxygen atoms in total. The summed E-state index contributed by atoms with van der Waals surface area (Å²) in [6, 6.07) is 13.6. The summed E-state index contributed by atoms with van der Waals surface area (Å²) in [5.41, 5.74) is 3.34. The number of methoxy groups -OCH3 is 1. The van der Waals surface area contributed by atoms with Crippen molar-refractivity contribution in [2.45, 2.75) is 37.1 Å². The molecule has 1 amide bonds. The van der Waals surface area contributed by atoms with E-state index in [1.165, 1.54) is 22.9 Å². The second-order valence-corrected chi connectivity index (χ2v) is 8.83. The van der Waals surface area contributed by atoms with Gasteiger partial charge >= 0.3 is 0 Å². The van der Waals surface area contributed by atoms with E-state index in [9.17, 15) is 9.59 Å². The maximum Gasteiger partial charge on any atom is 0.279 e. The Morgan fingerprint density at radius 2 is 1.97 bits per heavy atom. The van der Waals surface area contributed by atoms with Gasteiger partial charge in [0.2, 0.25) is 5.91 Å². The Labute approximate surface area is 197 Å².